The van der Waals surface area contributed by atoms with Gasteiger partial charge >= 0.3 is 0 Å². The summed E-state index contributed by atoms with van der Waals surface area (Å²) in [4.78, 5) is 0. The van der Waals surface area contributed by atoms with Crippen molar-refractivity contribution < 1.29 is 0 Å². The largest absolute Gasteiger partial charge is 0.317 e. The summed E-state index contributed by atoms with van der Waals surface area (Å²) in [5, 5.41) is 7.04. The molecule has 0 radical (unpaired) electrons. The zero-order chi connectivity index (χ0) is 11.6. The summed E-state index contributed by atoms with van der Waals surface area (Å²) in [6.07, 6.45) is 8.58. The molecule has 0 bridgehead atoms. The highest BCUT2D eigenvalue weighted by atomic mass is 14.9. The van der Waals surface area contributed by atoms with Crippen molar-refractivity contribution in [2.24, 2.45) is 11.8 Å². The van der Waals surface area contributed by atoms with E-state index >= 15 is 0 Å². The minimum Gasteiger partial charge on any atom is -0.317 e. The number of hydrogen-bond acceptors (Lipinski definition) is 2. The van der Waals surface area contributed by atoms with Crippen LogP contribution in [0.15, 0.2) is 0 Å². The Labute approximate surface area is 102 Å². The van der Waals surface area contributed by atoms with Gasteiger partial charge in [-0.15, -0.1) is 0 Å². The van der Waals surface area contributed by atoms with Gasteiger partial charge in [0.25, 0.3) is 0 Å². The van der Waals surface area contributed by atoms with Crippen LogP contribution < -0.4 is 10.6 Å². The third kappa shape index (κ3) is 7.24. The molecule has 0 aromatic rings. The van der Waals surface area contributed by atoms with E-state index in [-0.39, 0.29) is 0 Å². The maximum atomic E-state index is 3.56. The van der Waals surface area contributed by atoms with Gasteiger partial charge in [0.2, 0.25) is 0 Å². The summed E-state index contributed by atoms with van der Waals surface area (Å²) in [6.45, 7) is 9.24. The molecular formula is C14H30N2. The highest BCUT2D eigenvalue weighted by molar-refractivity contribution is 4.68. The van der Waals surface area contributed by atoms with Crippen molar-refractivity contribution >= 4 is 0 Å². The molecule has 1 rings (SSSR count). The number of hydrogen-bond donors (Lipinski definition) is 2. The third-order valence-corrected chi connectivity index (χ3v) is 3.46. The first kappa shape index (κ1) is 14.0. The van der Waals surface area contributed by atoms with E-state index in [4.69, 9.17) is 0 Å². The van der Waals surface area contributed by atoms with Crippen LogP contribution in [0, 0.1) is 11.8 Å². The van der Waals surface area contributed by atoms with Gasteiger partial charge in [0.15, 0.2) is 0 Å². The van der Waals surface area contributed by atoms with E-state index in [1.54, 1.807) is 0 Å². The second kappa shape index (κ2) is 9.00. The Morgan fingerprint density at radius 2 is 1.69 bits per heavy atom. The molecule has 0 heterocycles. The second-order valence-corrected chi connectivity index (χ2v) is 5.64. The molecule has 1 aliphatic carbocycles. The molecule has 0 saturated heterocycles. The molecular weight excluding hydrogens is 196 g/mol. The molecule has 2 heteroatoms. The van der Waals surface area contributed by atoms with Crippen molar-refractivity contribution in [3.05, 3.63) is 0 Å². The lowest BCUT2D eigenvalue weighted by Crippen LogP contribution is -2.25. The predicted octanol–water partition coefficient (Wildman–Crippen LogP) is 2.79. The van der Waals surface area contributed by atoms with Crippen LogP contribution >= 0.6 is 0 Å². The fraction of sp³-hybridized carbons (Fsp3) is 1.00. The average molecular weight is 226 g/mol. The first-order chi connectivity index (χ1) is 7.79. The molecule has 1 fully saturated rings. The highest BCUT2D eigenvalue weighted by Gasteiger charge is 2.13. The Morgan fingerprint density at radius 3 is 2.38 bits per heavy atom. The minimum atomic E-state index is 0.773. The predicted molar refractivity (Wildman–Crippen MR) is 71.8 cm³/mol. The summed E-state index contributed by atoms with van der Waals surface area (Å²) < 4.78 is 0. The topological polar surface area (TPSA) is 24.1 Å². The number of nitrogens with one attached hydrogen (secondary N) is 2. The van der Waals surface area contributed by atoms with Crippen LogP contribution in [-0.4, -0.2) is 26.2 Å². The van der Waals surface area contributed by atoms with Crippen LogP contribution in [0.25, 0.3) is 0 Å². The molecule has 0 aliphatic heterocycles. The van der Waals surface area contributed by atoms with E-state index in [0.717, 1.165) is 24.9 Å². The summed E-state index contributed by atoms with van der Waals surface area (Å²) in [6, 6.07) is 0. The summed E-state index contributed by atoms with van der Waals surface area (Å²) in [5.41, 5.74) is 0. The van der Waals surface area contributed by atoms with E-state index in [1.165, 1.54) is 51.6 Å². The van der Waals surface area contributed by atoms with Crippen molar-refractivity contribution in [1.29, 1.82) is 0 Å². The van der Waals surface area contributed by atoms with Crippen LogP contribution in [0.2, 0.25) is 0 Å². The van der Waals surface area contributed by atoms with Gasteiger partial charge in [0.05, 0.1) is 0 Å². The molecule has 0 unspecified atom stereocenters. The zero-order valence-corrected chi connectivity index (χ0v) is 11.2. The van der Waals surface area contributed by atoms with E-state index in [2.05, 4.69) is 24.5 Å². The lowest BCUT2D eigenvalue weighted by molar-refractivity contribution is 0.470. The van der Waals surface area contributed by atoms with Crippen molar-refractivity contribution in [1.82, 2.24) is 10.6 Å². The molecule has 96 valence electrons. The summed E-state index contributed by atoms with van der Waals surface area (Å²) >= 11 is 0. The van der Waals surface area contributed by atoms with E-state index in [1.807, 2.05) is 0 Å². The van der Waals surface area contributed by atoms with Crippen LogP contribution in [0.4, 0.5) is 0 Å². The first-order valence-electron chi connectivity index (χ1n) is 7.20. The van der Waals surface area contributed by atoms with Gasteiger partial charge in [-0.25, -0.2) is 0 Å². The van der Waals surface area contributed by atoms with Crippen LogP contribution in [-0.2, 0) is 0 Å². The van der Waals surface area contributed by atoms with Gasteiger partial charge in [0, 0.05) is 0 Å². The molecule has 16 heavy (non-hydrogen) atoms. The Bertz CT molecular complexity index is 151. The van der Waals surface area contributed by atoms with Crippen molar-refractivity contribution in [2.45, 2.75) is 52.4 Å². The smallest absolute Gasteiger partial charge is 0.00258 e. The van der Waals surface area contributed by atoms with Crippen molar-refractivity contribution in [2.75, 3.05) is 26.2 Å². The molecule has 0 atom stereocenters. The molecule has 1 aliphatic rings. The zero-order valence-electron chi connectivity index (χ0n) is 11.2. The Kier molecular flexibility index (Phi) is 7.87. The molecule has 0 aromatic carbocycles. The maximum Gasteiger partial charge on any atom is -0.00258 e. The van der Waals surface area contributed by atoms with Gasteiger partial charge in [-0.1, -0.05) is 39.5 Å². The SMILES string of the molecule is CC(C)CNCCCNCCC1CCCC1. The lowest BCUT2D eigenvalue weighted by atomic mass is 10.0. The highest BCUT2D eigenvalue weighted by Crippen LogP contribution is 2.26. The van der Waals surface area contributed by atoms with Crippen LogP contribution in [0.5, 0.6) is 0 Å². The van der Waals surface area contributed by atoms with E-state index < -0.39 is 0 Å². The molecule has 1 saturated carbocycles. The Morgan fingerprint density at radius 1 is 1.00 bits per heavy atom. The molecule has 0 amide bonds. The van der Waals surface area contributed by atoms with Crippen molar-refractivity contribution in [3.63, 3.8) is 0 Å². The number of rotatable bonds is 9. The summed E-state index contributed by atoms with van der Waals surface area (Å²) in [7, 11) is 0. The Hall–Kier alpha value is -0.0800. The molecule has 2 N–H and O–H groups in total. The second-order valence-electron chi connectivity index (χ2n) is 5.64. The van der Waals surface area contributed by atoms with Gasteiger partial charge in [-0.2, -0.15) is 0 Å². The molecule has 0 spiro atoms. The normalized spacial score (nSPS) is 17.4. The van der Waals surface area contributed by atoms with Gasteiger partial charge in [-0.05, 0) is 50.9 Å². The Balaban J connectivity index is 1.74. The molecule has 0 aromatic heterocycles. The average Bonchev–Trinajstić information content (AvgIpc) is 2.74. The fourth-order valence-corrected chi connectivity index (χ4v) is 2.46. The van der Waals surface area contributed by atoms with Gasteiger partial charge in [-0.3, -0.25) is 0 Å². The third-order valence-electron chi connectivity index (χ3n) is 3.46. The minimum absolute atomic E-state index is 0.773. The van der Waals surface area contributed by atoms with E-state index in [9.17, 15) is 0 Å². The van der Waals surface area contributed by atoms with Gasteiger partial charge in [0.1, 0.15) is 0 Å². The quantitative estimate of drug-likeness (QED) is 0.591. The van der Waals surface area contributed by atoms with Crippen LogP contribution in [0.1, 0.15) is 52.4 Å². The van der Waals surface area contributed by atoms with E-state index in [0.29, 0.717) is 0 Å². The lowest BCUT2D eigenvalue weighted by Gasteiger charge is -2.10. The fourth-order valence-electron chi connectivity index (χ4n) is 2.46. The monoisotopic (exact) mass is 226 g/mol. The van der Waals surface area contributed by atoms with Crippen LogP contribution in [0.3, 0.4) is 0 Å². The maximum absolute atomic E-state index is 3.56. The standard InChI is InChI=1S/C14H30N2/c1-13(2)12-16-10-5-9-15-11-8-14-6-3-4-7-14/h13-16H,3-12H2,1-2H3. The first-order valence-corrected chi connectivity index (χ1v) is 7.20. The van der Waals surface area contributed by atoms with Gasteiger partial charge < -0.3 is 10.6 Å². The van der Waals surface area contributed by atoms with Crippen molar-refractivity contribution in [3.8, 4) is 0 Å². The molecule has 2 nitrogen and oxygen atoms in total. The summed E-state index contributed by atoms with van der Waals surface area (Å²) in [5.74, 6) is 1.81.